The van der Waals surface area contributed by atoms with E-state index in [0.717, 1.165) is 16.7 Å². The van der Waals surface area contributed by atoms with Crippen molar-refractivity contribution >= 4 is 10.9 Å². The zero-order valence-corrected chi connectivity index (χ0v) is 7.16. The van der Waals surface area contributed by atoms with Crippen LogP contribution >= 0.6 is 0 Å². The maximum absolute atomic E-state index is 8.65. The van der Waals surface area contributed by atoms with E-state index in [9.17, 15) is 0 Å². The highest BCUT2D eigenvalue weighted by atomic mass is 16.5. The molecule has 0 aliphatic rings. The quantitative estimate of drug-likeness (QED) is 0.715. The highest BCUT2D eigenvalue weighted by Gasteiger charge is 2.00. The van der Waals surface area contributed by atoms with Crippen LogP contribution in [0, 0.1) is 11.3 Å². The van der Waals surface area contributed by atoms with Gasteiger partial charge in [-0.3, -0.25) is 0 Å². The third-order valence-corrected chi connectivity index (χ3v) is 1.95. The van der Waals surface area contributed by atoms with Crippen molar-refractivity contribution in [1.82, 2.24) is 4.98 Å². The number of hydrogen-bond donors (Lipinski definition) is 1. The van der Waals surface area contributed by atoms with Crippen molar-refractivity contribution in [2.75, 3.05) is 7.11 Å². The smallest absolute Gasteiger partial charge is 0.120 e. The number of nitriles is 1. The van der Waals surface area contributed by atoms with Gasteiger partial charge < -0.3 is 9.72 Å². The Hall–Kier alpha value is -1.95. The van der Waals surface area contributed by atoms with Gasteiger partial charge in [-0.15, -0.1) is 0 Å². The van der Waals surface area contributed by atoms with Crippen LogP contribution in [0.5, 0.6) is 5.75 Å². The number of fused-ring (bicyclic) bond motifs is 1. The molecule has 13 heavy (non-hydrogen) atoms. The fraction of sp³-hybridized carbons (Fsp3) is 0.100. The predicted octanol–water partition coefficient (Wildman–Crippen LogP) is 2.05. The molecule has 0 spiro atoms. The van der Waals surface area contributed by atoms with Crippen LogP contribution in [0.1, 0.15) is 5.69 Å². The summed E-state index contributed by atoms with van der Waals surface area (Å²) in [7, 11) is 1.62. The summed E-state index contributed by atoms with van der Waals surface area (Å²) in [6, 6.07) is 9.54. The van der Waals surface area contributed by atoms with Crippen molar-refractivity contribution in [3.63, 3.8) is 0 Å². The van der Waals surface area contributed by atoms with E-state index in [1.165, 1.54) is 0 Å². The molecule has 0 aliphatic carbocycles. The number of ether oxygens (including phenoxy) is 1. The van der Waals surface area contributed by atoms with Gasteiger partial charge in [0.25, 0.3) is 0 Å². The lowest BCUT2D eigenvalue weighted by atomic mass is 10.2. The summed E-state index contributed by atoms with van der Waals surface area (Å²) in [5, 5.41) is 9.68. The van der Waals surface area contributed by atoms with E-state index in [1.807, 2.05) is 24.3 Å². The molecule has 0 fully saturated rings. The predicted molar refractivity (Wildman–Crippen MR) is 49.6 cm³/mol. The summed E-state index contributed by atoms with van der Waals surface area (Å²) >= 11 is 0. The van der Waals surface area contributed by atoms with E-state index >= 15 is 0 Å². The van der Waals surface area contributed by atoms with E-state index < -0.39 is 0 Å². The molecule has 1 heterocycles. The number of nitrogens with one attached hydrogen (secondary N) is 1. The molecule has 0 aliphatic heterocycles. The minimum atomic E-state index is 0.572. The summed E-state index contributed by atoms with van der Waals surface area (Å²) < 4.78 is 5.06. The highest BCUT2D eigenvalue weighted by molar-refractivity contribution is 5.82. The number of H-pyrrole nitrogens is 1. The minimum Gasteiger partial charge on any atom is -0.497 e. The molecule has 1 aromatic carbocycles. The summed E-state index contributed by atoms with van der Waals surface area (Å²) in [4.78, 5) is 2.98. The summed E-state index contributed by atoms with van der Waals surface area (Å²) in [6.07, 6.45) is 0. The van der Waals surface area contributed by atoms with Crippen molar-refractivity contribution in [2.24, 2.45) is 0 Å². The molecule has 0 bridgehead atoms. The molecule has 3 nitrogen and oxygen atoms in total. The summed E-state index contributed by atoms with van der Waals surface area (Å²) in [5.41, 5.74) is 1.50. The molecule has 0 saturated heterocycles. The molecule has 0 atom stereocenters. The van der Waals surface area contributed by atoms with Crippen LogP contribution < -0.4 is 4.74 Å². The van der Waals surface area contributed by atoms with Gasteiger partial charge in [-0.25, -0.2) is 0 Å². The van der Waals surface area contributed by atoms with Crippen molar-refractivity contribution in [1.29, 1.82) is 5.26 Å². The van der Waals surface area contributed by atoms with Gasteiger partial charge in [0.05, 0.1) is 12.6 Å². The molecule has 2 aromatic rings. The normalized spacial score (nSPS) is 9.85. The standard InChI is InChI=1S/C10H8N2O/c1-13-9-3-2-7-4-8(6-11)12-10(7)5-9/h2-5,12H,1H3. The number of methoxy groups -OCH3 is 1. The molecule has 3 heteroatoms. The van der Waals surface area contributed by atoms with Crippen LogP contribution in [0.2, 0.25) is 0 Å². The van der Waals surface area contributed by atoms with Crippen molar-refractivity contribution < 1.29 is 4.74 Å². The molecule has 0 saturated carbocycles. The second-order valence-corrected chi connectivity index (χ2v) is 2.75. The van der Waals surface area contributed by atoms with Gasteiger partial charge in [0.15, 0.2) is 0 Å². The zero-order chi connectivity index (χ0) is 9.26. The molecule has 0 amide bonds. The zero-order valence-electron chi connectivity index (χ0n) is 7.16. The molecule has 2 rings (SSSR count). The van der Waals surface area contributed by atoms with Gasteiger partial charge in [-0.05, 0) is 18.2 Å². The fourth-order valence-electron chi connectivity index (χ4n) is 1.29. The Kier molecular flexibility index (Phi) is 1.67. The topological polar surface area (TPSA) is 48.8 Å². The van der Waals surface area contributed by atoms with Crippen LogP contribution in [0.25, 0.3) is 10.9 Å². The Bertz CT molecular complexity index is 479. The number of benzene rings is 1. The Morgan fingerprint density at radius 1 is 1.38 bits per heavy atom. The third kappa shape index (κ3) is 1.23. The van der Waals surface area contributed by atoms with Gasteiger partial charge >= 0.3 is 0 Å². The van der Waals surface area contributed by atoms with Crippen molar-refractivity contribution in [2.45, 2.75) is 0 Å². The van der Waals surface area contributed by atoms with Crippen LogP contribution in [0.15, 0.2) is 24.3 Å². The Morgan fingerprint density at radius 2 is 2.23 bits per heavy atom. The number of aromatic nitrogens is 1. The average Bonchev–Trinajstić information content (AvgIpc) is 2.58. The second kappa shape index (κ2) is 2.83. The van der Waals surface area contributed by atoms with E-state index in [4.69, 9.17) is 10.00 Å². The Labute approximate surface area is 75.6 Å². The molecule has 64 valence electrons. The number of rotatable bonds is 1. The largest absolute Gasteiger partial charge is 0.497 e. The first-order valence-electron chi connectivity index (χ1n) is 3.90. The van der Waals surface area contributed by atoms with E-state index in [-0.39, 0.29) is 0 Å². The van der Waals surface area contributed by atoms with Crippen LogP contribution in [0.4, 0.5) is 0 Å². The Balaban J connectivity index is 2.65. The van der Waals surface area contributed by atoms with E-state index in [2.05, 4.69) is 11.1 Å². The first kappa shape index (κ1) is 7.69. The number of aromatic amines is 1. The third-order valence-electron chi connectivity index (χ3n) is 1.95. The summed E-state index contributed by atoms with van der Waals surface area (Å²) in [5.74, 6) is 0.791. The van der Waals surface area contributed by atoms with Gasteiger partial charge in [0, 0.05) is 11.5 Å². The number of nitrogens with zero attached hydrogens (tertiary/aromatic N) is 1. The molecule has 1 N–H and O–H groups in total. The molecule has 1 aromatic heterocycles. The lowest BCUT2D eigenvalue weighted by molar-refractivity contribution is 0.415. The van der Waals surface area contributed by atoms with Crippen LogP contribution in [0.3, 0.4) is 0 Å². The van der Waals surface area contributed by atoms with E-state index in [0.29, 0.717) is 5.69 Å². The second-order valence-electron chi connectivity index (χ2n) is 2.75. The van der Waals surface area contributed by atoms with Gasteiger partial charge in [0.2, 0.25) is 0 Å². The maximum Gasteiger partial charge on any atom is 0.120 e. The molecular weight excluding hydrogens is 164 g/mol. The van der Waals surface area contributed by atoms with E-state index in [1.54, 1.807) is 7.11 Å². The first-order valence-corrected chi connectivity index (χ1v) is 3.90. The van der Waals surface area contributed by atoms with Crippen molar-refractivity contribution in [3.8, 4) is 11.8 Å². The summed E-state index contributed by atoms with van der Waals surface area (Å²) in [6.45, 7) is 0. The maximum atomic E-state index is 8.65. The lowest BCUT2D eigenvalue weighted by Crippen LogP contribution is -1.80. The number of hydrogen-bond acceptors (Lipinski definition) is 2. The van der Waals surface area contributed by atoms with Gasteiger partial charge in [-0.2, -0.15) is 5.26 Å². The lowest BCUT2D eigenvalue weighted by Gasteiger charge is -1.97. The molecular formula is C10H8N2O. The molecule has 0 radical (unpaired) electrons. The highest BCUT2D eigenvalue weighted by Crippen LogP contribution is 2.20. The van der Waals surface area contributed by atoms with Crippen molar-refractivity contribution in [3.05, 3.63) is 30.0 Å². The Morgan fingerprint density at radius 3 is 2.92 bits per heavy atom. The first-order chi connectivity index (χ1) is 6.33. The average molecular weight is 172 g/mol. The fourth-order valence-corrected chi connectivity index (χ4v) is 1.29. The van der Waals surface area contributed by atoms with Crippen LogP contribution in [-0.4, -0.2) is 12.1 Å². The minimum absolute atomic E-state index is 0.572. The molecule has 0 unspecified atom stereocenters. The monoisotopic (exact) mass is 172 g/mol. The van der Waals surface area contributed by atoms with Crippen LogP contribution in [-0.2, 0) is 0 Å². The van der Waals surface area contributed by atoms with Gasteiger partial charge in [-0.1, -0.05) is 0 Å². The van der Waals surface area contributed by atoms with Gasteiger partial charge in [0.1, 0.15) is 17.5 Å². The SMILES string of the molecule is COc1ccc2cc(C#N)[nH]c2c1.